The van der Waals surface area contributed by atoms with Crippen molar-refractivity contribution in [3.63, 3.8) is 0 Å². The molecule has 0 aliphatic heterocycles. The number of phenols is 1. The van der Waals surface area contributed by atoms with E-state index in [0.717, 1.165) is 12.8 Å². The van der Waals surface area contributed by atoms with Crippen LogP contribution in [0.1, 0.15) is 30.9 Å². The van der Waals surface area contributed by atoms with Crippen LogP contribution in [0.25, 0.3) is 0 Å². The Hall–Kier alpha value is -0.290. The van der Waals surface area contributed by atoms with E-state index in [4.69, 9.17) is 5.73 Å². The molecule has 17 heavy (non-hydrogen) atoms. The Labute approximate surface area is 116 Å². The van der Waals surface area contributed by atoms with Crippen molar-refractivity contribution in [2.45, 2.75) is 31.4 Å². The maximum Gasteiger partial charge on any atom is 0.134 e. The summed E-state index contributed by atoms with van der Waals surface area (Å²) in [6.45, 7) is 0. The molecule has 2 atom stereocenters. The summed E-state index contributed by atoms with van der Waals surface area (Å²) in [4.78, 5) is 0. The Balaban J connectivity index is 0.00000144. The van der Waals surface area contributed by atoms with Gasteiger partial charge >= 0.3 is 0 Å². The zero-order valence-corrected chi connectivity index (χ0v) is 11.7. The van der Waals surface area contributed by atoms with Gasteiger partial charge in [0.15, 0.2) is 0 Å². The Morgan fingerprint density at radius 1 is 1.35 bits per heavy atom. The van der Waals surface area contributed by atoms with Gasteiger partial charge in [-0.25, -0.2) is 0 Å². The van der Waals surface area contributed by atoms with E-state index in [1.54, 1.807) is 12.1 Å². The fourth-order valence-corrected chi connectivity index (χ4v) is 2.44. The first kappa shape index (κ1) is 14.8. The third kappa shape index (κ3) is 2.94. The van der Waals surface area contributed by atoms with Gasteiger partial charge in [-0.2, -0.15) is 0 Å². The second-order valence-corrected chi connectivity index (χ2v) is 5.24. The molecule has 0 amide bonds. The van der Waals surface area contributed by atoms with Gasteiger partial charge in [0.2, 0.25) is 0 Å². The highest BCUT2D eigenvalue weighted by molar-refractivity contribution is 9.10. The average Bonchev–Trinajstić information content (AvgIpc) is 2.18. The van der Waals surface area contributed by atoms with Crippen LogP contribution in [0.3, 0.4) is 0 Å². The lowest BCUT2D eigenvalue weighted by atomic mass is 9.77. The SMILES string of the molecule is Cl.N[C@H](c1cccc(Br)c1O)[C@@H](O)C1CCC1. The molecule has 1 aromatic carbocycles. The summed E-state index contributed by atoms with van der Waals surface area (Å²) >= 11 is 3.24. The quantitative estimate of drug-likeness (QED) is 0.801. The molecule has 1 aliphatic rings. The second kappa shape index (κ2) is 6.05. The predicted molar refractivity (Wildman–Crippen MR) is 73.3 cm³/mol. The summed E-state index contributed by atoms with van der Waals surface area (Å²) in [5, 5.41) is 19.9. The molecule has 0 radical (unpaired) electrons. The number of nitrogens with two attached hydrogens (primary N) is 1. The molecule has 0 unspecified atom stereocenters. The number of benzene rings is 1. The number of hydrogen-bond acceptors (Lipinski definition) is 3. The Morgan fingerprint density at radius 2 is 2.00 bits per heavy atom. The van der Waals surface area contributed by atoms with Gasteiger partial charge in [-0.05, 0) is 40.8 Å². The zero-order chi connectivity index (χ0) is 11.7. The first-order valence-corrected chi connectivity index (χ1v) is 6.31. The molecule has 1 fully saturated rings. The van der Waals surface area contributed by atoms with Gasteiger partial charge in [0.1, 0.15) is 5.75 Å². The standard InChI is InChI=1S/C12H16BrNO2.ClH/c13-9-6-2-5-8(12(9)16)10(14)11(15)7-3-1-4-7;/h2,5-7,10-11,15-16H,1,3-4,14H2;1H/t10-,11+;/m1./s1. The molecule has 3 nitrogen and oxygen atoms in total. The third-order valence-electron chi connectivity index (χ3n) is 3.38. The van der Waals surface area contributed by atoms with E-state index < -0.39 is 12.1 Å². The Kier molecular flexibility index (Phi) is 5.25. The maximum absolute atomic E-state index is 10.1. The van der Waals surface area contributed by atoms with Crippen molar-refractivity contribution in [1.82, 2.24) is 0 Å². The summed E-state index contributed by atoms with van der Waals surface area (Å²) in [5.41, 5.74) is 6.59. The predicted octanol–water partition coefficient (Wildman–Crippen LogP) is 2.74. The van der Waals surface area contributed by atoms with E-state index in [1.807, 2.05) is 6.07 Å². The van der Waals surface area contributed by atoms with Crippen LogP contribution < -0.4 is 5.73 Å². The highest BCUT2D eigenvalue weighted by Gasteiger charge is 2.31. The first-order valence-electron chi connectivity index (χ1n) is 5.52. The van der Waals surface area contributed by atoms with Crippen LogP contribution in [0.4, 0.5) is 0 Å². The van der Waals surface area contributed by atoms with Crippen LogP contribution >= 0.6 is 28.3 Å². The van der Waals surface area contributed by atoms with Crippen LogP contribution in [-0.4, -0.2) is 16.3 Å². The highest BCUT2D eigenvalue weighted by atomic mass is 79.9. The zero-order valence-electron chi connectivity index (χ0n) is 9.34. The molecular weight excluding hydrogens is 305 g/mol. The van der Waals surface area contributed by atoms with Crippen molar-refractivity contribution < 1.29 is 10.2 Å². The first-order chi connectivity index (χ1) is 7.61. The van der Waals surface area contributed by atoms with Crippen molar-refractivity contribution in [2.24, 2.45) is 11.7 Å². The summed E-state index contributed by atoms with van der Waals surface area (Å²) in [7, 11) is 0. The van der Waals surface area contributed by atoms with Crippen LogP contribution in [0, 0.1) is 5.92 Å². The van der Waals surface area contributed by atoms with Gasteiger partial charge in [0.05, 0.1) is 16.6 Å². The van der Waals surface area contributed by atoms with Crippen LogP contribution in [0.15, 0.2) is 22.7 Å². The molecule has 0 bridgehead atoms. The molecule has 0 aromatic heterocycles. The summed E-state index contributed by atoms with van der Waals surface area (Å²) in [6.07, 6.45) is 2.67. The molecule has 0 heterocycles. The lowest BCUT2D eigenvalue weighted by molar-refractivity contribution is 0.0407. The maximum atomic E-state index is 10.1. The minimum atomic E-state index is -0.561. The van der Waals surface area contributed by atoms with E-state index in [2.05, 4.69) is 15.9 Å². The molecule has 1 aliphatic carbocycles. The molecule has 5 heteroatoms. The summed E-state index contributed by atoms with van der Waals surface area (Å²) in [6, 6.07) is 4.81. The molecule has 0 spiro atoms. The monoisotopic (exact) mass is 321 g/mol. The number of halogens is 2. The summed E-state index contributed by atoms with van der Waals surface area (Å²) < 4.78 is 0.612. The lowest BCUT2D eigenvalue weighted by Crippen LogP contribution is -2.36. The third-order valence-corrected chi connectivity index (χ3v) is 4.02. The van der Waals surface area contributed by atoms with Crippen molar-refractivity contribution in [2.75, 3.05) is 0 Å². The molecule has 4 N–H and O–H groups in total. The van der Waals surface area contributed by atoms with Crippen LogP contribution in [0.2, 0.25) is 0 Å². The summed E-state index contributed by atoms with van der Waals surface area (Å²) in [5.74, 6) is 0.418. The van der Waals surface area contributed by atoms with E-state index in [0.29, 0.717) is 10.0 Å². The minimum absolute atomic E-state index is 0. The number of phenolic OH excluding ortho intramolecular Hbond substituents is 1. The normalized spacial score (nSPS) is 19.0. The highest BCUT2D eigenvalue weighted by Crippen LogP contribution is 2.38. The fraction of sp³-hybridized carbons (Fsp3) is 0.500. The number of aliphatic hydroxyl groups excluding tert-OH is 1. The van der Waals surface area contributed by atoms with E-state index in [1.165, 1.54) is 6.42 Å². The van der Waals surface area contributed by atoms with Gasteiger partial charge in [0.25, 0.3) is 0 Å². The van der Waals surface area contributed by atoms with Gasteiger partial charge in [-0.15, -0.1) is 12.4 Å². The number of rotatable bonds is 3. The topological polar surface area (TPSA) is 66.5 Å². The van der Waals surface area contributed by atoms with Gasteiger partial charge < -0.3 is 15.9 Å². The average molecular weight is 323 g/mol. The molecule has 1 aromatic rings. The van der Waals surface area contributed by atoms with Crippen molar-refractivity contribution >= 4 is 28.3 Å². The Morgan fingerprint density at radius 3 is 2.53 bits per heavy atom. The second-order valence-electron chi connectivity index (χ2n) is 4.39. The van der Waals surface area contributed by atoms with E-state index in [-0.39, 0.29) is 24.1 Å². The molecule has 96 valence electrons. The molecule has 0 saturated heterocycles. The fourth-order valence-electron chi connectivity index (χ4n) is 2.06. The molecule has 2 rings (SSSR count). The van der Waals surface area contributed by atoms with Crippen LogP contribution in [-0.2, 0) is 0 Å². The number of aromatic hydroxyl groups is 1. The molecular formula is C12H17BrClNO2. The number of hydrogen-bond donors (Lipinski definition) is 3. The van der Waals surface area contributed by atoms with E-state index in [9.17, 15) is 10.2 Å². The minimum Gasteiger partial charge on any atom is -0.506 e. The van der Waals surface area contributed by atoms with Crippen molar-refractivity contribution in [1.29, 1.82) is 0 Å². The number of aliphatic hydroxyl groups is 1. The molecule has 1 saturated carbocycles. The van der Waals surface area contributed by atoms with Gasteiger partial charge in [-0.3, -0.25) is 0 Å². The number of para-hydroxylation sites is 1. The van der Waals surface area contributed by atoms with Crippen LogP contribution in [0.5, 0.6) is 5.75 Å². The Bertz CT molecular complexity index is 385. The smallest absolute Gasteiger partial charge is 0.134 e. The van der Waals surface area contributed by atoms with E-state index >= 15 is 0 Å². The van der Waals surface area contributed by atoms with Gasteiger partial charge in [0, 0.05) is 5.56 Å². The van der Waals surface area contributed by atoms with Crippen molar-refractivity contribution in [3.8, 4) is 5.75 Å². The van der Waals surface area contributed by atoms with Gasteiger partial charge in [-0.1, -0.05) is 18.6 Å². The van der Waals surface area contributed by atoms with Crippen molar-refractivity contribution in [3.05, 3.63) is 28.2 Å². The largest absolute Gasteiger partial charge is 0.506 e. The lowest BCUT2D eigenvalue weighted by Gasteiger charge is -2.34.